The number of H-pyrrole nitrogens is 1. The van der Waals surface area contributed by atoms with Crippen molar-refractivity contribution in [3.8, 4) is 0 Å². The Bertz CT molecular complexity index is 655. The lowest BCUT2D eigenvalue weighted by Crippen LogP contribution is -2.42. The van der Waals surface area contributed by atoms with Gasteiger partial charge in [-0.25, -0.2) is 0 Å². The number of para-hydroxylation sites is 1. The van der Waals surface area contributed by atoms with Gasteiger partial charge in [0.1, 0.15) is 24.9 Å². The van der Waals surface area contributed by atoms with Gasteiger partial charge in [-0.15, -0.1) is 0 Å². The van der Waals surface area contributed by atoms with Crippen molar-refractivity contribution in [1.82, 2.24) is 4.98 Å². The molecule has 0 bridgehead atoms. The van der Waals surface area contributed by atoms with E-state index in [0.29, 0.717) is 0 Å². The van der Waals surface area contributed by atoms with Gasteiger partial charge >= 0.3 is 5.97 Å². The van der Waals surface area contributed by atoms with Gasteiger partial charge in [0.25, 0.3) is 0 Å². The second-order valence-electron chi connectivity index (χ2n) is 5.45. The summed E-state index contributed by atoms with van der Waals surface area (Å²) in [6, 6.07) is 7.54. The molecule has 1 unspecified atom stereocenters. The normalized spacial score (nSPS) is 16.7. The predicted octanol–water partition coefficient (Wildman–Crippen LogP) is -0.110. The Morgan fingerprint density at radius 3 is 2.61 bits per heavy atom. The fourth-order valence-corrected chi connectivity index (χ4v) is 2.33. The van der Waals surface area contributed by atoms with E-state index in [4.69, 9.17) is 9.84 Å². The van der Waals surface area contributed by atoms with Crippen LogP contribution in [-0.4, -0.2) is 62.9 Å². The van der Waals surface area contributed by atoms with E-state index < -0.39 is 43.4 Å². The Hall–Kier alpha value is -1.93. The van der Waals surface area contributed by atoms with Gasteiger partial charge in [0.05, 0.1) is 12.5 Å². The molecule has 0 aliphatic rings. The molecule has 0 amide bonds. The number of benzene rings is 1. The molecule has 0 saturated heterocycles. The topological polar surface area (TPSA) is 123 Å². The van der Waals surface area contributed by atoms with Crippen molar-refractivity contribution in [3.05, 3.63) is 36.0 Å². The van der Waals surface area contributed by atoms with Gasteiger partial charge in [-0.3, -0.25) is 4.79 Å². The van der Waals surface area contributed by atoms with Crippen LogP contribution in [0.2, 0.25) is 0 Å². The number of aliphatic hydroxyl groups is 4. The first-order valence-corrected chi connectivity index (χ1v) is 7.33. The van der Waals surface area contributed by atoms with Gasteiger partial charge < -0.3 is 30.1 Å². The molecule has 7 heteroatoms. The van der Waals surface area contributed by atoms with Crippen LogP contribution < -0.4 is 0 Å². The SMILES string of the molecule is CC(C(=O)OC[C@@H](O)[C@H](O)[C@H](O)CO)c1c[nH]c2ccccc12. The molecule has 0 radical (unpaired) electrons. The van der Waals surface area contributed by atoms with Crippen LogP contribution in [0.4, 0.5) is 0 Å². The maximum absolute atomic E-state index is 12.1. The molecule has 5 N–H and O–H groups in total. The predicted molar refractivity (Wildman–Crippen MR) is 82.8 cm³/mol. The third-order valence-electron chi connectivity index (χ3n) is 3.81. The Morgan fingerprint density at radius 1 is 1.22 bits per heavy atom. The van der Waals surface area contributed by atoms with E-state index in [1.807, 2.05) is 24.3 Å². The van der Waals surface area contributed by atoms with Crippen LogP contribution in [0.5, 0.6) is 0 Å². The maximum atomic E-state index is 12.1. The van der Waals surface area contributed by atoms with Gasteiger partial charge in [0, 0.05) is 17.1 Å². The number of aliphatic hydroxyl groups excluding tert-OH is 4. The van der Waals surface area contributed by atoms with Gasteiger partial charge in [0.15, 0.2) is 0 Å². The Labute approximate surface area is 133 Å². The molecule has 1 aromatic heterocycles. The molecule has 0 saturated carbocycles. The summed E-state index contributed by atoms with van der Waals surface area (Å²) in [4.78, 5) is 15.2. The first kappa shape index (κ1) is 17.4. The zero-order valence-electron chi connectivity index (χ0n) is 12.7. The number of esters is 1. The fraction of sp³-hybridized carbons (Fsp3) is 0.438. The van der Waals surface area contributed by atoms with Crippen LogP contribution in [0.3, 0.4) is 0 Å². The summed E-state index contributed by atoms with van der Waals surface area (Å²) in [5.74, 6) is -1.11. The van der Waals surface area contributed by atoms with E-state index in [-0.39, 0.29) is 0 Å². The lowest BCUT2D eigenvalue weighted by Gasteiger charge is -2.21. The van der Waals surface area contributed by atoms with Crippen molar-refractivity contribution in [1.29, 1.82) is 0 Å². The lowest BCUT2D eigenvalue weighted by molar-refractivity contribution is -0.153. The average Bonchev–Trinajstić information content (AvgIpc) is 3.01. The van der Waals surface area contributed by atoms with Gasteiger partial charge in [-0.05, 0) is 18.6 Å². The number of fused-ring (bicyclic) bond motifs is 1. The minimum atomic E-state index is -1.59. The molecule has 0 aliphatic carbocycles. The molecule has 0 fully saturated rings. The van der Waals surface area contributed by atoms with Crippen molar-refractivity contribution in [2.24, 2.45) is 0 Å². The zero-order valence-corrected chi connectivity index (χ0v) is 12.7. The first-order valence-electron chi connectivity index (χ1n) is 7.33. The third kappa shape index (κ3) is 3.89. The van der Waals surface area contributed by atoms with Crippen LogP contribution in [0.1, 0.15) is 18.4 Å². The smallest absolute Gasteiger partial charge is 0.313 e. The average molecular weight is 323 g/mol. The van der Waals surface area contributed by atoms with Crippen molar-refractivity contribution in [2.45, 2.75) is 31.2 Å². The standard InChI is InChI=1S/C16H21NO6/c1-9(11-6-17-12-5-3-2-4-10(11)12)16(22)23-8-14(20)15(21)13(19)7-18/h2-6,9,13-15,17-21H,7-8H2,1H3/t9?,13-,14-,15-/m1/s1. The van der Waals surface area contributed by atoms with Crippen LogP contribution >= 0.6 is 0 Å². The summed E-state index contributed by atoms with van der Waals surface area (Å²) in [5, 5.41) is 38.0. The van der Waals surface area contributed by atoms with E-state index in [0.717, 1.165) is 16.5 Å². The third-order valence-corrected chi connectivity index (χ3v) is 3.81. The van der Waals surface area contributed by atoms with Gasteiger partial charge in [-0.1, -0.05) is 18.2 Å². The number of carbonyl (C=O) groups excluding carboxylic acids is 1. The highest BCUT2D eigenvalue weighted by Gasteiger charge is 2.27. The van der Waals surface area contributed by atoms with Crippen LogP contribution in [0.15, 0.2) is 30.5 Å². The molecule has 0 spiro atoms. The fourth-order valence-electron chi connectivity index (χ4n) is 2.33. The second kappa shape index (κ2) is 7.56. The zero-order chi connectivity index (χ0) is 17.0. The monoisotopic (exact) mass is 323 g/mol. The van der Waals surface area contributed by atoms with E-state index in [9.17, 15) is 20.1 Å². The van der Waals surface area contributed by atoms with Crippen molar-refractivity contribution < 1.29 is 30.0 Å². The van der Waals surface area contributed by atoms with Crippen molar-refractivity contribution in [3.63, 3.8) is 0 Å². The number of carbonyl (C=O) groups is 1. The number of nitrogens with one attached hydrogen (secondary N) is 1. The quantitative estimate of drug-likeness (QED) is 0.453. The first-order chi connectivity index (χ1) is 11.0. The summed E-state index contributed by atoms with van der Waals surface area (Å²) < 4.78 is 5.00. The van der Waals surface area contributed by atoms with Crippen molar-refractivity contribution >= 4 is 16.9 Å². The van der Waals surface area contributed by atoms with E-state index >= 15 is 0 Å². The number of rotatable bonds is 7. The Morgan fingerprint density at radius 2 is 1.91 bits per heavy atom. The largest absolute Gasteiger partial charge is 0.462 e. The number of aromatic amines is 1. The molecular formula is C16H21NO6. The van der Waals surface area contributed by atoms with Crippen LogP contribution in [0, 0.1) is 0 Å². The summed E-state index contributed by atoms with van der Waals surface area (Å²) >= 11 is 0. The maximum Gasteiger partial charge on any atom is 0.313 e. The molecule has 126 valence electrons. The molecule has 4 atom stereocenters. The summed E-state index contributed by atoms with van der Waals surface area (Å²) in [6.07, 6.45) is -2.82. The molecule has 23 heavy (non-hydrogen) atoms. The summed E-state index contributed by atoms with van der Waals surface area (Å²) in [6.45, 7) is 0.519. The van der Waals surface area contributed by atoms with Crippen LogP contribution in [0.25, 0.3) is 10.9 Å². The highest BCUT2D eigenvalue weighted by molar-refractivity contribution is 5.89. The second-order valence-corrected chi connectivity index (χ2v) is 5.45. The van der Waals surface area contributed by atoms with E-state index in [1.165, 1.54) is 0 Å². The van der Waals surface area contributed by atoms with Gasteiger partial charge in [0.2, 0.25) is 0 Å². The minimum Gasteiger partial charge on any atom is -0.462 e. The molecule has 1 aromatic carbocycles. The number of hydrogen-bond acceptors (Lipinski definition) is 6. The highest BCUT2D eigenvalue weighted by atomic mass is 16.5. The van der Waals surface area contributed by atoms with Gasteiger partial charge in [-0.2, -0.15) is 0 Å². The lowest BCUT2D eigenvalue weighted by atomic mass is 10.0. The highest BCUT2D eigenvalue weighted by Crippen LogP contribution is 2.26. The van der Waals surface area contributed by atoms with E-state index in [1.54, 1.807) is 13.1 Å². The number of aromatic nitrogens is 1. The van der Waals surface area contributed by atoms with E-state index in [2.05, 4.69) is 4.98 Å². The Balaban J connectivity index is 1.98. The molecule has 7 nitrogen and oxygen atoms in total. The number of ether oxygens (including phenoxy) is 1. The molecular weight excluding hydrogens is 302 g/mol. The molecule has 2 rings (SSSR count). The van der Waals surface area contributed by atoms with Crippen LogP contribution in [-0.2, 0) is 9.53 Å². The minimum absolute atomic E-state index is 0.468. The molecule has 2 aromatic rings. The Kier molecular flexibility index (Phi) is 5.73. The summed E-state index contributed by atoms with van der Waals surface area (Å²) in [5.41, 5.74) is 1.68. The summed E-state index contributed by atoms with van der Waals surface area (Å²) in [7, 11) is 0. The molecule has 0 aliphatic heterocycles. The van der Waals surface area contributed by atoms with Crippen molar-refractivity contribution in [2.75, 3.05) is 13.2 Å². The number of hydrogen-bond donors (Lipinski definition) is 5. The molecule has 1 heterocycles.